The third-order valence-electron chi connectivity index (χ3n) is 2.82. The first-order valence-electron chi connectivity index (χ1n) is 6.52. The fraction of sp³-hybridized carbons (Fsp3) is 0.500. The van der Waals surface area contributed by atoms with Crippen molar-refractivity contribution < 1.29 is 9.90 Å². The van der Waals surface area contributed by atoms with Crippen LogP contribution < -0.4 is 11.1 Å². The third kappa shape index (κ3) is 5.08. The van der Waals surface area contributed by atoms with Gasteiger partial charge in [0.25, 0.3) is 0 Å². The largest absolute Gasteiger partial charge is 0.506 e. The summed E-state index contributed by atoms with van der Waals surface area (Å²) in [6.07, 6.45) is 6.17. The Hall–Kier alpha value is -1.71. The van der Waals surface area contributed by atoms with Crippen LogP contribution in [-0.2, 0) is 4.79 Å². The van der Waals surface area contributed by atoms with Crippen molar-refractivity contribution in [2.75, 3.05) is 11.1 Å². The SMILES string of the molecule is CCCCCCCC(=O)Nc1ccc(O)c(N)c1. The van der Waals surface area contributed by atoms with Crippen LogP contribution in [0.1, 0.15) is 45.4 Å². The van der Waals surface area contributed by atoms with Crippen LogP contribution in [0.5, 0.6) is 5.75 Å². The number of rotatable bonds is 7. The number of unbranched alkanes of at least 4 members (excludes halogenated alkanes) is 4. The van der Waals surface area contributed by atoms with Gasteiger partial charge in [-0.2, -0.15) is 0 Å². The zero-order chi connectivity index (χ0) is 13.4. The van der Waals surface area contributed by atoms with E-state index in [1.165, 1.54) is 25.3 Å². The maximum Gasteiger partial charge on any atom is 0.224 e. The maximum absolute atomic E-state index is 11.6. The quantitative estimate of drug-likeness (QED) is 0.301. The topological polar surface area (TPSA) is 75.3 Å². The minimum atomic E-state index is -0.00316. The van der Waals surface area contributed by atoms with E-state index in [0.717, 1.165) is 12.8 Å². The van der Waals surface area contributed by atoms with Crippen LogP contribution in [-0.4, -0.2) is 11.0 Å². The highest BCUT2D eigenvalue weighted by molar-refractivity contribution is 5.91. The molecule has 1 aromatic carbocycles. The summed E-state index contributed by atoms with van der Waals surface area (Å²) >= 11 is 0. The number of nitrogens with one attached hydrogen (secondary N) is 1. The fourth-order valence-corrected chi connectivity index (χ4v) is 1.74. The highest BCUT2D eigenvalue weighted by atomic mass is 16.3. The van der Waals surface area contributed by atoms with Crippen molar-refractivity contribution >= 4 is 17.3 Å². The Morgan fingerprint density at radius 3 is 2.67 bits per heavy atom. The standard InChI is InChI=1S/C14H22N2O2/c1-2-3-4-5-6-7-14(18)16-11-8-9-13(17)12(15)10-11/h8-10,17H,2-7,15H2,1H3,(H,16,18). The molecule has 0 fully saturated rings. The van der Waals surface area contributed by atoms with Crippen LogP contribution in [0.4, 0.5) is 11.4 Å². The zero-order valence-electron chi connectivity index (χ0n) is 10.9. The molecule has 4 nitrogen and oxygen atoms in total. The van der Waals surface area contributed by atoms with Crippen molar-refractivity contribution in [3.05, 3.63) is 18.2 Å². The first kappa shape index (κ1) is 14.4. The van der Waals surface area contributed by atoms with Gasteiger partial charge >= 0.3 is 0 Å². The number of aromatic hydroxyl groups is 1. The molecule has 0 aliphatic heterocycles. The molecule has 0 atom stereocenters. The molecule has 18 heavy (non-hydrogen) atoms. The van der Waals surface area contributed by atoms with E-state index in [1.54, 1.807) is 12.1 Å². The molecule has 0 unspecified atom stereocenters. The van der Waals surface area contributed by atoms with Crippen LogP contribution in [0.3, 0.4) is 0 Å². The summed E-state index contributed by atoms with van der Waals surface area (Å²) in [6.45, 7) is 2.17. The number of carbonyl (C=O) groups excluding carboxylic acids is 1. The van der Waals surface area contributed by atoms with E-state index < -0.39 is 0 Å². The van der Waals surface area contributed by atoms with E-state index in [4.69, 9.17) is 5.73 Å². The Kier molecular flexibility index (Phi) is 6.05. The van der Waals surface area contributed by atoms with Crippen LogP contribution in [0.25, 0.3) is 0 Å². The number of hydrogen-bond acceptors (Lipinski definition) is 3. The molecule has 1 amide bonds. The maximum atomic E-state index is 11.6. The highest BCUT2D eigenvalue weighted by Crippen LogP contribution is 2.23. The first-order valence-corrected chi connectivity index (χ1v) is 6.52. The Labute approximate surface area is 108 Å². The lowest BCUT2D eigenvalue weighted by molar-refractivity contribution is -0.116. The predicted molar refractivity (Wildman–Crippen MR) is 74.5 cm³/mol. The van der Waals surface area contributed by atoms with E-state index >= 15 is 0 Å². The molecular formula is C14H22N2O2. The highest BCUT2D eigenvalue weighted by Gasteiger charge is 2.04. The van der Waals surface area contributed by atoms with Crippen molar-refractivity contribution in [2.24, 2.45) is 0 Å². The molecule has 0 radical (unpaired) electrons. The van der Waals surface area contributed by atoms with Gasteiger partial charge in [-0.3, -0.25) is 4.79 Å². The average molecular weight is 250 g/mol. The van der Waals surface area contributed by atoms with E-state index in [9.17, 15) is 9.90 Å². The second-order valence-electron chi connectivity index (χ2n) is 4.49. The minimum absolute atomic E-state index is 0.00316. The predicted octanol–water partition coefficient (Wildman–Crippen LogP) is 3.27. The molecule has 4 heteroatoms. The Morgan fingerprint density at radius 1 is 1.28 bits per heavy atom. The van der Waals surface area contributed by atoms with Gasteiger partial charge < -0.3 is 16.2 Å². The van der Waals surface area contributed by atoms with Crippen molar-refractivity contribution in [1.29, 1.82) is 0 Å². The van der Waals surface area contributed by atoms with E-state index in [2.05, 4.69) is 12.2 Å². The lowest BCUT2D eigenvalue weighted by Gasteiger charge is -2.06. The van der Waals surface area contributed by atoms with E-state index in [1.807, 2.05) is 0 Å². The van der Waals surface area contributed by atoms with Crippen molar-refractivity contribution in [3.8, 4) is 5.75 Å². The number of phenolic OH excluding ortho intramolecular Hbond substituents is 1. The molecule has 0 spiro atoms. The van der Waals surface area contributed by atoms with Gasteiger partial charge in [0.1, 0.15) is 5.75 Å². The molecule has 0 aromatic heterocycles. The molecule has 0 bridgehead atoms. The smallest absolute Gasteiger partial charge is 0.224 e. The summed E-state index contributed by atoms with van der Waals surface area (Å²) in [5, 5.41) is 12.0. The monoisotopic (exact) mass is 250 g/mol. The van der Waals surface area contributed by atoms with Gasteiger partial charge in [0.2, 0.25) is 5.91 Å². The molecule has 0 saturated carbocycles. The fourth-order valence-electron chi connectivity index (χ4n) is 1.74. The van der Waals surface area contributed by atoms with Crippen molar-refractivity contribution in [1.82, 2.24) is 0 Å². The Balaban J connectivity index is 2.29. The Bertz CT molecular complexity index is 391. The van der Waals surface area contributed by atoms with Gasteiger partial charge in [0, 0.05) is 12.1 Å². The summed E-state index contributed by atoms with van der Waals surface area (Å²) in [5.41, 5.74) is 6.45. The number of nitrogens with two attached hydrogens (primary N) is 1. The van der Waals surface area contributed by atoms with Crippen LogP contribution >= 0.6 is 0 Å². The number of phenols is 1. The molecule has 4 N–H and O–H groups in total. The van der Waals surface area contributed by atoms with Gasteiger partial charge in [-0.1, -0.05) is 32.6 Å². The first-order chi connectivity index (χ1) is 8.63. The summed E-state index contributed by atoms with van der Waals surface area (Å²) in [6, 6.07) is 4.68. The third-order valence-corrected chi connectivity index (χ3v) is 2.82. The van der Waals surface area contributed by atoms with Crippen molar-refractivity contribution in [3.63, 3.8) is 0 Å². The van der Waals surface area contributed by atoms with Gasteiger partial charge in [-0.25, -0.2) is 0 Å². The number of carbonyl (C=O) groups is 1. The molecule has 1 rings (SSSR count). The van der Waals surface area contributed by atoms with E-state index in [-0.39, 0.29) is 17.3 Å². The van der Waals surface area contributed by atoms with Gasteiger partial charge in [0.05, 0.1) is 5.69 Å². The number of anilines is 2. The molecule has 0 aliphatic rings. The molecule has 0 saturated heterocycles. The van der Waals surface area contributed by atoms with Gasteiger partial charge in [0.15, 0.2) is 0 Å². The minimum Gasteiger partial charge on any atom is -0.506 e. The lowest BCUT2D eigenvalue weighted by atomic mass is 10.1. The zero-order valence-corrected chi connectivity index (χ0v) is 10.9. The molecule has 0 aliphatic carbocycles. The lowest BCUT2D eigenvalue weighted by Crippen LogP contribution is -2.11. The number of hydrogen-bond donors (Lipinski definition) is 3. The van der Waals surface area contributed by atoms with Gasteiger partial charge in [-0.05, 0) is 24.6 Å². The second-order valence-corrected chi connectivity index (χ2v) is 4.49. The Morgan fingerprint density at radius 2 is 2.00 bits per heavy atom. The molecule has 1 aromatic rings. The van der Waals surface area contributed by atoms with Crippen molar-refractivity contribution in [2.45, 2.75) is 45.4 Å². The molecule has 100 valence electrons. The second kappa shape index (κ2) is 7.58. The summed E-state index contributed by atoms with van der Waals surface area (Å²) in [7, 11) is 0. The number of amides is 1. The number of benzene rings is 1. The normalized spacial score (nSPS) is 10.3. The summed E-state index contributed by atoms with van der Waals surface area (Å²) in [5.74, 6) is 0.0316. The van der Waals surface area contributed by atoms with Crippen LogP contribution in [0, 0.1) is 0 Å². The molecule has 0 heterocycles. The molecular weight excluding hydrogens is 228 g/mol. The van der Waals surface area contributed by atoms with E-state index in [0.29, 0.717) is 12.1 Å². The summed E-state index contributed by atoms with van der Waals surface area (Å²) < 4.78 is 0. The van der Waals surface area contributed by atoms with Crippen LogP contribution in [0.15, 0.2) is 18.2 Å². The summed E-state index contributed by atoms with van der Waals surface area (Å²) in [4.78, 5) is 11.6. The number of nitrogen functional groups attached to an aromatic ring is 1. The van der Waals surface area contributed by atoms with Crippen LogP contribution in [0.2, 0.25) is 0 Å². The van der Waals surface area contributed by atoms with Gasteiger partial charge in [-0.15, -0.1) is 0 Å². The average Bonchev–Trinajstić information content (AvgIpc) is 2.34.